The highest BCUT2D eigenvalue weighted by Gasteiger charge is 2.31. The second-order valence-electron chi connectivity index (χ2n) is 6.67. The van der Waals surface area contributed by atoms with Crippen molar-refractivity contribution in [1.29, 1.82) is 0 Å². The van der Waals surface area contributed by atoms with Gasteiger partial charge in [-0.3, -0.25) is 0 Å². The van der Waals surface area contributed by atoms with Gasteiger partial charge in [-0.05, 0) is 12.1 Å². The second-order valence-corrected chi connectivity index (χ2v) is 8.58. The molecule has 0 spiro atoms. The number of para-hydroxylation sites is 1. The van der Waals surface area contributed by atoms with Crippen LogP contribution in [0.1, 0.15) is 0 Å². The summed E-state index contributed by atoms with van der Waals surface area (Å²) in [6.07, 6.45) is 1.55. The first-order valence-electron chi connectivity index (χ1n) is 9.35. The molecule has 3 aromatic rings. The van der Waals surface area contributed by atoms with E-state index in [0.29, 0.717) is 31.9 Å². The highest BCUT2D eigenvalue weighted by Crippen LogP contribution is 2.28. The van der Waals surface area contributed by atoms with E-state index in [1.165, 1.54) is 11.4 Å². The van der Waals surface area contributed by atoms with E-state index in [2.05, 4.69) is 14.9 Å². The molecule has 7 nitrogen and oxygen atoms in total. The number of hydrogen-bond donors (Lipinski definition) is 0. The molecule has 1 fully saturated rings. The molecule has 1 aliphatic heterocycles. The number of aromatic nitrogens is 2. The van der Waals surface area contributed by atoms with E-state index in [9.17, 15) is 8.42 Å². The minimum absolute atomic E-state index is 0.198. The molecule has 0 aliphatic carbocycles. The number of hydrogen-bond acceptors (Lipinski definition) is 6. The Morgan fingerprint density at radius 2 is 1.59 bits per heavy atom. The van der Waals surface area contributed by atoms with Gasteiger partial charge in [0.2, 0.25) is 10.0 Å². The molecule has 0 atom stereocenters. The third-order valence-electron chi connectivity index (χ3n) is 4.97. The number of anilines is 1. The molecule has 1 aliphatic rings. The molecular formula is C21H22N4O3S. The maximum absolute atomic E-state index is 13.1. The summed E-state index contributed by atoms with van der Waals surface area (Å²) in [4.78, 5) is 11.0. The van der Waals surface area contributed by atoms with Crippen molar-refractivity contribution in [3.8, 4) is 17.0 Å². The Hall–Kier alpha value is -2.97. The van der Waals surface area contributed by atoms with Gasteiger partial charge in [0, 0.05) is 37.8 Å². The Morgan fingerprint density at radius 1 is 0.897 bits per heavy atom. The van der Waals surface area contributed by atoms with Crippen LogP contribution in [-0.4, -0.2) is 56.0 Å². The van der Waals surface area contributed by atoms with Crippen LogP contribution in [0.2, 0.25) is 0 Å². The first-order valence-corrected chi connectivity index (χ1v) is 10.8. The highest BCUT2D eigenvalue weighted by molar-refractivity contribution is 7.89. The van der Waals surface area contributed by atoms with Crippen molar-refractivity contribution < 1.29 is 13.2 Å². The van der Waals surface area contributed by atoms with Crippen molar-refractivity contribution in [1.82, 2.24) is 14.3 Å². The van der Waals surface area contributed by atoms with Gasteiger partial charge in [0.1, 0.15) is 22.8 Å². The number of rotatable bonds is 5. The van der Waals surface area contributed by atoms with Crippen molar-refractivity contribution in [2.24, 2.45) is 0 Å². The molecule has 2 heterocycles. The van der Waals surface area contributed by atoms with E-state index in [-0.39, 0.29) is 4.90 Å². The molecule has 2 aromatic carbocycles. The average Bonchev–Trinajstić information content (AvgIpc) is 2.80. The van der Waals surface area contributed by atoms with E-state index >= 15 is 0 Å². The van der Waals surface area contributed by atoms with Gasteiger partial charge in [-0.25, -0.2) is 18.4 Å². The fraction of sp³-hybridized carbons (Fsp3) is 0.238. The number of ether oxygens (including phenoxy) is 1. The summed E-state index contributed by atoms with van der Waals surface area (Å²) in [6.45, 7) is 1.87. The Kier molecular flexibility index (Phi) is 5.46. The number of piperazine rings is 1. The van der Waals surface area contributed by atoms with Crippen LogP contribution in [0.4, 0.5) is 5.82 Å². The zero-order valence-corrected chi connectivity index (χ0v) is 16.9. The Morgan fingerprint density at radius 3 is 2.31 bits per heavy atom. The minimum atomic E-state index is -3.61. The molecule has 8 heteroatoms. The SMILES string of the molecule is COc1ccccc1S(=O)(=O)N1CCN(c2cc(-c3ccccc3)ncn2)CC1. The number of benzene rings is 2. The summed E-state index contributed by atoms with van der Waals surface area (Å²) < 4.78 is 32.8. The fourth-order valence-electron chi connectivity index (χ4n) is 3.42. The van der Waals surface area contributed by atoms with Gasteiger partial charge in [0.05, 0.1) is 12.8 Å². The maximum Gasteiger partial charge on any atom is 0.246 e. The molecular weight excluding hydrogens is 388 g/mol. The van der Waals surface area contributed by atoms with Crippen molar-refractivity contribution >= 4 is 15.8 Å². The van der Waals surface area contributed by atoms with Gasteiger partial charge in [0.25, 0.3) is 0 Å². The molecule has 1 aromatic heterocycles. The lowest BCUT2D eigenvalue weighted by atomic mass is 10.1. The summed E-state index contributed by atoms with van der Waals surface area (Å²) in [6, 6.07) is 18.6. The molecule has 0 radical (unpaired) electrons. The van der Waals surface area contributed by atoms with Gasteiger partial charge in [-0.1, -0.05) is 42.5 Å². The van der Waals surface area contributed by atoms with Crippen LogP contribution in [0.15, 0.2) is 71.9 Å². The average molecular weight is 410 g/mol. The normalized spacial score (nSPS) is 15.3. The molecule has 0 N–H and O–H groups in total. The quantitative estimate of drug-likeness (QED) is 0.644. The Labute approximate surface area is 170 Å². The molecule has 1 saturated heterocycles. The number of methoxy groups -OCH3 is 1. The zero-order chi connectivity index (χ0) is 20.3. The van der Waals surface area contributed by atoms with Gasteiger partial charge in [0.15, 0.2) is 0 Å². The van der Waals surface area contributed by atoms with E-state index in [4.69, 9.17) is 4.74 Å². The van der Waals surface area contributed by atoms with E-state index in [1.807, 2.05) is 36.4 Å². The van der Waals surface area contributed by atoms with Gasteiger partial charge >= 0.3 is 0 Å². The largest absolute Gasteiger partial charge is 0.495 e. The van der Waals surface area contributed by atoms with Crippen LogP contribution in [0.25, 0.3) is 11.3 Å². The summed E-state index contributed by atoms with van der Waals surface area (Å²) in [5.74, 6) is 1.16. The van der Waals surface area contributed by atoms with Gasteiger partial charge in [-0.2, -0.15) is 4.31 Å². The Bertz CT molecular complexity index is 1080. The number of sulfonamides is 1. The molecule has 0 amide bonds. The van der Waals surface area contributed by atoms with Crippen LogP contribution in [0, 0.1) is 0 Å². The lowest BCUT2D eigenvalue weighted by Gasteiger charge is -2.34. The van der Waals surface area contributed by atoms with Crippen LogP contribution in [-0.2, 0) is 10.0 Å². The zero-order valence-electron chi connectivity index (χ0n) is 16.1. The van der Waals surface area contributed by atoms with E-state index < -0.39 is 10.0 Å². The Balaban J connectivity index is 1.50. The maximum atomic E-state index is 13.1. The molecule has 150 valence electrons. The van der Waals surface area contributed by atoms with Crippen molar-refractivity contribution in [2.75, 3.05) is 38.2 Å². The molecule has 29 heavy (non-hydrogen) atoms. The highest BCUT2D eigenvalue weighted by atomic mass is 32.2. The van der Waals surface area contributed by atoms with Crippen molar-refractivity contribution in [2.45, 2.75) is 4.90 Å². The van der Waals surface area contributed by atoms with Crippen LogP contribution < -0.4 is 9.64 Å². The summed E-state index contributed by atoms with van der Waals surface area (Å²) in [5, 5.41) is 0. The second kappa shape index (κ2) is 8.18. The predicted octanol–water partition coefficient (Wildman–Crippen LogP) is 2.66. The molecule has 0 saturated carbocycles. The fourth-order valence-corrected chi connectivity index (χ4v) is 4.99. The first-order chi connectivity index (χ1) is 14.1. The third kappa shape index (κ3) is 3.94. The van der Waals surface area contributed by atoms with E-state index in [0.717, 1.165) is 17.1 Å². The summed E-state index contributed by atoms with van der Waals surface area (Å²) >= 11 is 0. The van der Waals surface area contributed by atoms with E-state index in [1.54, 1.807) is 30.6 Å². The molecule has 0 bridgehead atoms. The first kappa shape index (κ1) is 19.4. The van der Waals surface area contributed by atoms with Crippen LogP contribution in [0.3, 0.4) is 0 Å². The number of nitrogens with zero attached hydrogens (tertiary/aromatic N) is 4. The topological polar surface area (TPSA) is 75.6 Å². The van der Waals surface area contributed by atoms with Crippen molar-refractivity contribution in [3.05, 3.63) is 67.0 Å². The summed E-state index contributed by atoms with van der Waals surface area (Å²) in [7, 11) is -2.13. The third-order valence-corrected chi connectivity index (χ3v) is 6.91. The monoisotopic (exact) mass is 410 g/mol. The van der Waals surface area contributed by atoms with Gasteiger partial charge < -0.3 is 9.64 Å². The standard InChI is InChI=1S/C21H22N4O3S/c1-28-19-9-5-6-10-20(19)29(26,27)25-13-11-24(12-14-25)21-15-18(22-16-23-21)17-7-3-2-4-8-17/h2-10,15-16H,11-14H2,1H3. The van der Waals surface area contributed by atoms with Crippen LogP contribution in [0.5, 0.6) is 5.75 Å². The van der Waals surface area contributed by atoms with Gasteiger partial charge in [-0.15, -0.1) is 0 Å². The summed E-state index contributed by atoms with van der Waals surface area (Å²) in [5.41, 5.74) is 1.87. The predicted molar refractivity (Wildman–Crippen MR) is 111 cm³/mol. The van der Waals surface area contributed by atoms with Crippen molar-refractivity contribution in [3.63, 3.8) is 0 Å². The lowest BCUT2D eigenvalue weighted by Crippen LogP contribution is -2.49. The van der Waals surface area contributed by atoms with Crippen LogP contribution >= 0.6 is 0 Å². The molecule has 4 rings (SSSR count). The lowest BCUT2D eigenvalue weighted by molar-refractivity contribution is 0.373. The minimum Gasteiger partial charge on any atom is -0.495 e. The smallest absolute Gasteiger partial charge is 0.246 e. The molecule has 0 unspecified atom stereocenters.